The molecule has 1 aliphatic heterocycles. The first-order valence-electron chi connectivity index (χ1n) is 6.79. The van der Waals surface area contributed by atoms with E-state index in [2.05, 4.69) is 17.3 Å². The van der Waals surface area contributed by atoms with Crippen molar-refractivity contribution in [2.45, 2.75) is 38.2 Å². The minimum Gasteiger partial charge on any atom is -0.393 e. The molecule has 1 aliphatic carbocycles. The first-order chi connectivity index (χ1) is 8.15. The lowest BCUT2D eigenvalue weighted by Gasteiger charge is -2.25. The van der Waals surface area contributed by atoms with Crippen LogP contribution in [0.4, 0.5) is 0 Å². The lowest BCUT2D eigenvalue weighted by Crippen LogP contribution is -2.37. The molecule has 0 bridgehead atoms. The lowest BCUT2D eigenvalue weighted by molar-refractivity contribution is -0.126. The van der Waals surface area contributed by atoms with Crippen molar-refractivity contribution in [3.63, 3.8) is 0 Å². The van der Waals surface area contributed by atoms with Crippen LogP contribution in [0.5, 0.6) is 0 Å². The molecular formula is C13H24N2O2. The molecule has 0 spiro atoms. The summed E-state index contributed by atoms with van der Waals surface area (Å²) in [6.07, 6.45) is 4.27. The van der Waals surface area contributed by atoms with Gasteiger partial charge in [-0.2, -0.15) is 0 Å². The van der Waals surface area contributed by atoms with Gasteiger partial charge in [0.1, 0.15) is 0 Å². The van der Waals surface area contributed by atoms with Crippen molar-refractivity contribution in [1.82, 2.24) is 10.2 Å². The van der Waals surface area contributed by atoms with Crippen molar-refractivity contribution < 1.29 is 9.90 Å². The Morgan fingerprint density at radius 1 is 1.29 bits per heavy atom. The van der Waals surface area contributed by atoms with E-state index in [4.69, 9.17) is 0 Å². The Labute approximate surface area is 103 Å². The average molecular weight is 240 g/mol. The quantitative estimate of drug-likeness (QED) is 0.760. The maximum absolute atomic E-state index is 11.9. The summed E-state index contributed by atoms with van der Waals surface area (Å²) >= 11 is 0. The Morgan fingerprint density at radius 2 is 2.00 bits per heavy atom. The topological polar surface area (TPSA) is 52.6 Å². The maximum atomic E-state index is 11.9. The molecule has 4 nitrogen and oxygen atoms in total. The number of amides is 1. The summed E-state index contributed by atoms with van der Waals surface area (Å²) in [7, 11) is 2.13. The predicted molar refractivity (Wildman–Crippen MR) is 66.6 cm³/mol. The Balaban J connectivity index is 1.67. The van der Waals surface area contributed by atoms with E-state index in [0.29, 0.717) is 5.92 Å². The summed E-state index contributed by atoms with van der Waals surface area (Å²) in [5, 5.41) is 12.5. The third kappa shape index (κ3) is 3.68. The Bertz CT molecular complexity index is 262. The standard InChI is InChI=1S/C13H24N2O2/c1-15-7-6-10(9-15)8-14-13(17)11-2-4-12(16)5-3-11/h10-12,16H,2-9H2,1H3,(H,14,17). The molecule has 2 aliphatic rings. The lowest BCUT2D eigenvalue weighted by atomic mass is 9.87. The van der Waals surface area contributed by atoms with Crippen molar-refractivity contribution in [2.75, 3.05) is 26.7 Å². The molecule has 4 heteroatoms. The van der Waals surface area contributed by atoms with Crippen LogP contribution in [0.3, 0.4) is 0 Å². The third-order valence-electron chi connectivity index (χ3n) is 4.12. The van der Waals surface area contributed by atoms with Crippen LogP contribution in [0.25, 0.3) is 0 Å². The normalized spacial score (nSPS) is 34.8. The minimum atomic E-state index is -0.178. The highest BCUT2D eigenvalue weighted by Gasteiger charge is 2.26. The molecule has 2 rings (SSSR count). The largest absolute Gasteiger partial charge is 0.393 e. The van der Waals surface area contributed by atoms with Crippen LogP contribution in [0.1, 0.15) is 32.1 Å². The van der Waals surface area contributed by atoms with Crippen molar-refractivity contribution in [1.29, 1.82) is 0 Å². The molecule has 17 heavy (non-hydrogen) atoms. The number of hydrogen-bond acceptors (Lipinski definition) is 3. The molecule has 1 saturated carbocycles. The molecule has 1 heterocycles. The molecule has 98 valence electrons. The molecule has 0 aromatic carbocycles. The SMILES string of the molecule is CN1CCC(CNC(=O)C2CCC(O)CC2)C1. The van der Waals surface area contributed by atoms with E-state index in [1.165, 1.54) is 6.42 Å². The van der Waals surface area contributed by atoms with Gasteiger partial charge >= 0.3 is 0 Å². The minimum absolute atomic E-state index is 0.137. The van der Waals surface area contributed by atoms with Crippen LogP contribution < -0.4 is 5.32 Å². The fourth-order valence-corrected chi connectivity index (χ4v) is 2.92. The summed E-state index contributed by atoms with van der Waals surface area (Å²) < 4.78 is 0. The molecule has 0 radical (unpaired) electrons. The zero-order chi connectivity index (χ0) is 12.3. The van der Waals surface area contributed by atoms with E-state index in [-0.39, 0.29) is 17.9 Å². The summed E-state index contributed by atoms with van der Waals surface area (Å²) in [6, 6.07) is 0. The van der Waals surface area contributed by atoms with Crippen LogP contribution >= 0.6 is 0 Å². The number of aliphatic hydroxyl groups is 1. The van der Waals surface area contributed by atoms with Crippen LogP contribution in [0.2, 0.25) is 0 Å². The van der Waals surface area contributed by atoms with Crippen molar-refractivity contribution in [3.05, 3.63) is 0 Å². The van der Waals surface area contributed by atoms with Crippen molar-refractivity contribution in [2.24, 2.45) is 11.8 Å². The highest BCUT2D eigenvalue weighted by Crippen LogP contribution is 2.24. The molecule has 1 atom stereocenters. The van der Waals surface area contributed by atoms with Gasteiger partial charge < -0.3 is 15.3 Å². The number of rotatable bonds is 3. The van der Waals surface area contributed by atoms with Crippen LogP contribution in [0, 0.1) is 11.8 Å². The summed E-state index contributed by atoms with van der Waals surface area (Å²) in [5.41, 5.74) is 0. The third-order valence-corrected chi connectivity index (χ3v) is 4.12. The van der Waals surface area contributed by atoms with Gasteiger partial charge in [0.2, 0.25) is 5.91 Å². The van der Waals surface area contributed by atoms with Gasteiger partial charge in [0.05, 0.1) is 6.10 Å². The zero-order valence-corrected chi connectivity index (χ0v) is 10.7. The molecule has 0 aromatic rings. The fraction of sp³-hybridized carbons (Fsp3) is 0.923. The highest BCUT2D eigenvalue weighted by atomic mass is 16.3. The molecular weight excluding hydrogens is 216 g/mol. The number of aliphatic hydroxyl groups excluding tert-OH is 1. The van der Waals surface area contributed by atoms with Crippen LogP contribution in [0.15, 0.2) is 0 Å². The second-order valence-corrected chi connectivity index (χ2v) is 5.67. The zero-order valence-electron chi connectivity index (χ0n) is 10.7. The van der Waals surface area contributed by atoms with E-state index < -0.39 is 0 Å². The highest BCUT2D eigenvalue weighted by molar-refractivity contribution is 5.78. The molecule has 1 unspecified atom stereocenters. The molecule has 2 N–H and O–H groups in total. The first kappa shape index (κ1) is 12.8. The maximum Gasteiger partial charge on any atom is 0.223 e. The summed E-state index contributed by atoms with van der Waals surface area (Å²) in [4.78, 5) is 14.2. The molecule has 0 aromatic heterocycles. The van der Waals surface area contributed by atoms with E-state index in [0.717, 1.165) is 45.3 Å². The van der Waals surface area contributed by atoms with Crippen molar-refractivity contribution >= 4 is 5.91 Å². The number of carbonyl (C=O) groups excluding carboxylic acids is 1. The number of carbonyl (C=O) groups is 1. The van der Waals surface area contributed by atoms with Gasteiger partial charge in [-0.3, -0.25) is 4.79 Å². The van der Waals surface area contributed by atoms with E-state index in [1.54, 1.807) is 0 Å². The smallest absolute Gasteiger partial charge is 0.223 e. The van der Waals surface area contributed by atoms with Gasteiger partial charge in [0, 0.05) is 19.0 Å². The average Bonchev–Trinajstić information content (AvgIpc) is 2.73. The van der Waals surface area contributed by atoms with Gasteiger partial charge in [0.25, 0.3) is 0 Å². The molecule has 1 amide bonds. The number of nitrogens with zero attached hydrogens (tertiary/aromatic N) is 1. The van der Waals surface area contributed by atoms with Gasteiger partial charge in [0.15, 0.2) is 0 Å². The monoisotopic (exact) mass is 240 g/mol. The second kappa shape index (κ2) is 5.83. The van der Waals surface area contributed by atoms with Gasteiger partial charge in [-0.15, -0.1) is 0 Å². The predicted octanol–water partition coefficient (Wildman–Crippen LogP) is 0.605. The van der Waals surface area contributed by atoms with Crippen molar-refractivity contribution in [3.8, 4) is 0 Å². The van der Waals surface area contributed by atoms with Gasteiger partial charge in [-0.25, -0.2) is 0 Å². The van der Waals surface area contributed by atoms with E-state index in [9.17, 15) is 9.90 Å². The molecule has 1 saturated heterocycles. The van der Waals surface area contributed by atoms with E-state index in [1.807, 2.05) is 0 Å². The Hall–Kier alpha value is -0.610. The van der Waals surface area contributed by atoms with Crippen LogP contribution in [-0.2, 0) is 4.79 Å². The van der Waals surface area contributed by atoms with Crippen LogP contribution in [-0.4, -0.2) is 48.7 Å². The Morgan fingerprint density at radius 3 is 2.59 bits per heavy atom. The van der Waals surface area contributed by atoms with E-state index >= 15 is 0 Å². The fourth-order valence-electron chi connectivity index (χ4n) is 2.92. The Kier molecular flexibility index (Phi) is 4.40. The second-order valence-electron chi connectivity index (χ2n) is 5.67. The first-order valence-corrected chi connectivity index (χ1v) is 6.79. The number of nitrogens with one attached hydrogen (secondary N) is 1. The summed E-state index contributed by atoms with van der Waals surface area (Å²) in [5.74, 6) is 0.960. The molecule has 2 fully saturated rings. The summed E-state index contributed by atoms with van der Waals surface area (Å²) in [6.45, 7) is 3.07. The van der Waals surface area contributed by atoms with Gasteiger partial charge in [-0.1, -0.05) is 0 Å². The number of hydrogen-bond donors (Lipinski definition) is 2. The van der Waals surface area contributed by atoms with Gasteiger partial charge in [-0.05, 0) is 51.6 Å². The number of likely N-dealkylation sites (tertiary alicyclic amines) is 1.